The first kappa shape index (κ1) is 23.8. The van der Waals surface area contributed by atoms with Gasteiger partial charge in [0.15, 0.2) is 22.6 Å². The Balaban J connectivity index is 1.25. The minimum Gasteiger partial charge on any atom is -0.442 e. The van der Waals surface area contributed by atoms with Gasteiger partial charge in [0.25, 0.3) is 0 Å². The van der Waals surface area contributed by atoms with Crippen LogP contribution in [0.4, 0.5) is 30.1 Å². The van der Waals surface area contributed by atoms with Gasteiger partial charge in [-0.25, -0.2) is 28.7 Å². The van der Waals surface area contributed by atoms with Gasteiger partial charge in [-0.15, -0.1) is 5.10 Å². The van der Waals surface area contributed by atoms with E-state index in [1.54, 1.807) is 6.20 Å². The molecule has 1 atom stereocenters. The van der Waals surface area contributed by atoms with Crippen molar-refractivity contribution >= 4 is 40.0 Å². The number of aromatic nitrogens is 5. The number of halogens is 2. The second-order valence-corrected chi connectivity index (χ2v) is 8.95. The first-order chi connectivity index (χ1) is 17.4. The topological polar surface area (TPSA) is 148 Å². The molecule has 16 heteroatoms. The molecule has 2 aromatic heterocycles. The summed E-state index contributed by atoms with van der Waals surface area (Å²) in [5, 5.41) is 9.19. The number of nitrogens with two attached hydrogens (primary N) is 1. The Bertz CT molecular complexity index is 1230. The molecule has 0 bridgehead atoms. The van der Waals surface area contributed by atoms with Crippen LogP contribution in [0.2, 0.25) is 0 Å². The standard InChI is InChI=1S/C20H22F2N10O3S/c21-14-7-12(31-11-13(35-20(31)34)10-30-4-1-24-28-30)8-15(22)18(14)29-3-2-25-32(6-5-29)17(33)9-16-26-19(23)36-27-16/h1,4,7-8,13,25H,2-3,5-6,9-11H2,(H2,23,26,27)/t13-/m0/s1. The van der Waals surface area contributed by atoms with Gasteiger partial charge in [0.1, 0.15) is 11.8 Å². The van der Waals surface area contributed by atoms with Gasteiger partial charge in [-0.2, -0.15) is 4.37 Å². The van der Waals surface area contributed by atoms with E-state index < -0.39 is 23.8 Å². The number of rotatable bonds is 6. The molecular formula is C20H22F2N10O3S. The Kier molecular flexibility index (Phi) is 6.60. The highest BCUT2D eigenvalue weighted by atomic mass is 32.1. The molecule has 2 aliphatic heterocycles. The molecule has 0 spiro atoms. The first-order valence-electron chi connectivity index (χ1n) is 11.1. The van der Waals surface area contributed by atoms with Gasteiger partial charge in [-0.3, -0.25) is 14.7 Å². The fraction of sp³-hybridized carbons (Fsp3) is 0.400. The highest BCUT2D eigenvalue weighted by Crippen LogP contribution is 2.31. The van der Waals surface area contributed by atoms with Crippen molar-refractivity contribution in [1.29, 1.82) is 0 Å². The van der Waals surface area contributed by atoms with Crippen LogP contribution in [0.5, 0.6) is 0 Å². The number of nitrogens with one attached hydrogen (secondary N) is 1. The number of hydrogen-bond donors (Lipinski definition) is 2. The molecule has 1 aromatic carbocycles. The molecule has 0 aliphatic carbocycles. The number of carbonyl (C=O) groups excluding carboxylic acids is 2. The number of cyclic esters (lactones) is 1. The number of hydrazine groups is 1. The monoisotopic (exact) mass is 520 g/mol. The lowest BCUT2D eigenvalue weighted by atomic mass is 10.2. The number of nitrogens with zero attached hydrogens (tertiary/aromatic N) is 8. The van der Waals surface area contributed by atoms with Crippen LogP contribution in [0.3, 0.4) is 0 Å². The van der Waals surface area contributed by atoms with E-state index in [0.29, 0.717) is 5.82 Å². The van der Waals surface area contributed by atoms with Crippen LogP contribution in [0.1, 0.15) is 5.82 Å². The van der Waals surface area contributed by atoms with E-state index >= 15 is 8.78 Å². The Morgan fingerprint density at radius 1 is 1.25 bits per heavy atom. The van der Waals surface area contributed by atoms with Gasteiger partial charge < -0.3 is 15.4 Å². The number of carbonyl (C=O) groups is 2. The first-order valence-corrected chi connectivity index (χ1v) is 11.8. The van der Waals surface area contributed by atoms with E-state index in [1.165, 1.54) is 25.7 Å². The molecule has 0 unspecified atom stereocenters. The molecule has 2 fully saturated rings. The molecule has 4 heterocycles. The SMILES string of the molecule is Nc1nc(CC(=O)N2CCN(c3c(F)cc(N4C[C@H](Cn5ccnn5)OC4=O)cc3F)CCN2)ns1. The van der Waals surface area contributed by atoms with E-state index in [2.05, 4.69) is 25.1 Å². The lowest BCUT2D eigenvalue weighted by Crippen LogP contribution is -2.44. The van der Waals surface area contributed by atoms with Crippen molar-refractivity contribution in [3.63, 3.8) is 0 Å². The molecule has 36 heavy (non-hydrogen) atoms. The second-order valence-electron chi connectivity index (χ2n) is 8.17. The van der Waals surface area contributed by atoms with Crippen LogP contribution in [-0.2, 0) is 22.5 Å². The maximum atomic E-state index is 15.1. The third kappa shape index (κ3) is 5.03. The number of anilines is 3. The Morgan fingerprint density at radius 2 is 2.06 bits per heavy atom. The molecule has 0 saturated carbocycles. The van der Waals surface area contributed by atoms with Crippen molar-refractivity contribution in [3.8, 4) is 0 Å². The molecule has 2 aliphatic rings. The number of nitrogen functional groups attached to an aromatic ring is 1. The normalized spacial score (nSPS) is 18.4. The number of amides is 2. The zero-order chi connectivity index (χ0) is 25.2. The Hall–Kier alpha value is -3.92. The summed E-state index contributed by atoms with van der Waals surface area (Å²) in [6, 6.07) is 2.22. The van der Waals surface area contributed by atoms with Crippen LogP contribution in [0, 0.1) is 11.6 Å². The summed E-state index contributed by atoms with van der Waals surface area (Å²) in [6.07, 6.45) is 1.85. The van der Waals surface area contributed by atoms with Gasteiger partial charge in [-0.05, 0) is 0 Å². The van der Waals surface area contributed by atoms with E-state index in [1.807, 2.05) is 0 Å². The fourth-order valence-corrected chi connectivity index (χ4v) is 4.56. The Morgan fingerprint density at radius 3 is 2.75 bits per heavy atom. The summed E-state index contributed by atoms with van der Waals surface area (Å²) in [4.78, 5) is 31.6. The summed E-state index contributed by atoms with van der Waals surface area (Å²) in [6.45, 7) is 1.28. The third-order valence-corrected chi connectivity index (χ3v) is 6.32. The molecule has 3 N–H and O–H groups in total. The lowest BCUT2D eigenvalue weighted by molar-refractivity contribution is -0.133. The van der Waals surface area contributed by atoms with Crippen LogP contribution in [0.15, 0.2) is 24.5 Å². The fourth-order valence-electron chi connectivity index (χ4n) is 4.11. The molecule has 5 rings (SSSR count). The molecule has 13 nitrogen and oxygen atoms in total. The summed E-state index contributed by atoms with van der Waals surface area (Å²) in [7, 11) is 0. The van der Waals surface area contributed by atoms with Crippen LogP contribution in [0.25, 0.3) is 0 Å². The van der Waals surface area contributed by atoms with Gasteiger partial charge in [0, 0.05) is 49.5 Å². The predicted molar refractivity (Wildman–Crippen MR) is 124 cm³/mol. The van der Waals surface area contributed by atoms with Gasteiger partial charge in [-0.1, -0.05) is 5.21 Å². The predicted octanol–water partition coefficient (Wildman–Crippen LogP) is 0.411. The molecular weight excluding hydrogens is 498 g/mol. The minimum atomic E-state index is -0.820. The molecule has 190 valence electrons. The zero-order valence-electron chi connectivity index (χ0n) is 18.9. The molecule has 2 saturated heterocycles. The summed E-state index contributed by atoms with van der Waals surface area (Å²) in [5.41, 5.74) is 8.35. The summed E-state index contributed by atoms with van der Waals surface area (Å²) < 4.78 is 41.1. The average Bonchev–Trinajstić information content (AvgIpc) is 3.53. The number of ether oxygens (including phenoxy) is 1. The van der Waals surface area contributed by atoms with E-state index in [9.17, 15) is 9.59 Å². The van der Waals surface area contributed by atoms with Crippen molar-refractivity contribution in [2.45, 2.75) is 19.1 Å². The highest BCUT2D eigenvalue weighted by molar-refractivity contribution is 7.09. The van der Waals surface area contributed by atoms with Crippen molar-refractivity contribution in [2.75, 3.05) is 48.3 Å². The van der Waals surface area contributed by atoms with Gasteiger partial charge in [0.2, 0.25) is 5.91 Å². The van der Waals surface area contributed by atoms with Crippen LogP contribution >= 0.6 is 11.5 Å². The minimum absolute atomic E-state index is 0.0397. The lowest BCUT2D eigenvalue weighted by Gasteiger charge is -2.25. The Labute approximate surface area is 207 Å². The van der Waals surface area contributed by atoms with Gasteiger partial charge in [0.05, 0.1) is 37.9 Å². The largest absolute Gasteiger partial charge is 0.442 e. The highest BCUT2D eigenvalue weighted by Gasteiger charge is 2.34. The summed E-state index contributed by atoms with van der Waals surface area (Å²) >= 11 is 1.00. The average molecular weight is 521 g/mol. The smallest absolute Gasteiger partial charge is 0.414 e. The quantitative estimate of drug-likeness (QED) is 0.468. The van der Waals surface area contributed by atoms with E-state index in [4.69, 9.17) is 10.5 Å². The zero-order valence-corrected chi connectivity index (χ0v) is 19.7. The van der Waals surface area contributed by atoms with Crippen LogP contribution in [-0.4, -0.2) is 80.2 Å². The molecule has 3 aromatic rings. The van der Waals surface area contributed by atoms with Crippen molar-refractivity contribution in [1.82, 2.24) is 34.8 Å². The maximum Gasteiger partial charge on any atom is 0.414 e. The summed E-state index contributed by atoms with van der Waals surface area (Å²) in [5.74, 6) is -1.60. The third-order valence-electron chi connectivity index (χ3n) is 5.74. The van der Waals surface area contributed by atoms with E-state index in [-0.39, 0.29) is 68.1 Å². The van der Waals surface area contributed by atoms with Crippen molar-refractivity contribution < 1.29 is 23.1 Å². The van der Waals surface area contributed by atoms with Crippen LogP contribution < -0.4 is 21.0 Å². The molecule has 2 amide bonds. The maximum absolute atomic E-state index is 15.1. The van der Waals surface area contributed by atoms with Crippen molar-refractivity contribution in [3.05, 3.63) is 42.0 Å². The number of benzene rings is 1. The van der Waals surface area contributed by atoms with Gasteiger partial charge >= 0.3 is 6.09 Å². The van der Waals surface area contributed by atoms with E-state index in [0.717, 1.165) is 23.7 Å². The molecule has 0 radical (unpaired) electrons. The number of hydrogen-bond acceptors (Lipinski definition) is 11. The van der Waals surface area contributed by atoms with Crippen molar-refractivity contribution in [2.24, 2.45) is 0 Å². The second kappa shape index (κ2) is 9.98.